The molecule has 0 amide bonds. The second-order valence-electron chi connectivity index (χ2n) is 3.43. The molecule has 84 valence electrons. The Morgan fingerprint density at radius 1 is 1.36 bits per heavy atom. The lowest BCUT2D eigenvalue weighted by Crippen LogP contribution is -2.41. The number of ether oxygens (including phenoxy) is 1. The van der Waals surface area contributed by atoms with Gasteiger partial charge in [0.2, 0.25) is 0 Å². The van der Waals surface area contributed by atoms with E-state index in [0.717, 1.165) is 32.4 Å². The van der Waals surface area contributed by atoms with Crippen molar-refractivity contribution < 1.29 is 4.74 Å². The van der Waals surface area contributed by atoms with Gasteiger partial charge in [-0.1, -0.05) is 19.9 Å². The zero-order valence-electron chi connectivity index (χ0n) is 9.88. The van der Waals surface area contributed by atoms with Gasteiger partial charge in [-0.25, -0.2) is 0 Å². The molecule has 0 aromatic carbocycles. The molecule has 1 N–H and O–H groups in total. The molecule has 2 heteroatoms. The number of nitrogens with one attached hydrogen (secondary N) is 1. The van der Waals surface area contributed by atoms with Crippen molar-refractivity contribution in [3.8, 4) is 0 Å². The summed E-state index contributed by atoms with van der Waals surface area (Å²) in [6, 6.07) is 0.475. The van der Waals surface area contributed by atoms with Gasteiger partial charge in [-0.2, -0.15) is 0 Å². The van der Waals surface area contributed by atoms with Gasteiger partial charge in [-0.15, -0.1) is 6.58 Å². The zero-order chi connectivity index (χ0) is 10.8. The Hall–Kier alpha value is -0.340. The monoisotopic (exact) mass is 199 g/mol. The van der Waals surface area contributed by atoms with E-state index in [1.54, 1.807) is 0 Å². The highest BCUT2D eigenvalue weighted by atomic mass is 16.5. The Bertz CT molecular complexity index is 136. The van der Waals surface area contributed by atoms with Gasteiger partial charge in [-0.3, -0.25) is 0 Å². The molecule has 0 aliphatic rings. The molecule has 14 heavy (non-hydrogen) atoms. The molecule has 0 rings (SSSR count). The molecule has 0 radical (unpaired) electrons. The molecule has 0 aromatic rings. The molecule has 0 fully saturated rings. The first-order valence-electron chi connectivity index (χ1n) is 5.75. The van der Waals surface area contributed by atoms with Gasteiger partial charge in [0.15, 0.2) is 0 Å². The van der Waals surface area contributed by atoms with E-state index in [1.807, 2.05) is 6.08 Å². The lowest BCUT2D eigenvalue weighted by atomic mass is 10.0. The van der Waals surface area contributed by atoms with Crippen LogP contribution in [-0.4, -0.2) is 25.3 Å². The van der Waals surface area contributed by atoms with Crippen LogP contribution >= 0.6 is 0 Å². The van der Waals surface area contributed by atoms with Crippen molar-refractivity contribution in [2.75, 3.05) is 13.2 Å². The largest absolute Gasteiger partial charge is 0.377 e. The highest BCUT2D eigenvalue weighted by Gasteiger charge is 2.17. The minimum absolute atomic E-state index is 0.347. The van der Waals surface area contributed by atoms with Crippen molar-refractivity contribution in [3.05, 3.63) is 12.7 Å². The molecule has 2 nitrogen and oxygen atoms in total. The molecular weight excluding hydrogens is 174 g/mol. The van der Waals surface area contributed by atoms with E-state index in [0.29, 0.717) is 12.1 Å². The summed E-state index contributed by atoms with van der Waals surface area (Å²) in [5.74, 6) is 0. The van der Waals surface area contributed by atoms with Crippen LogP contribution in [0, 0.1) is 0 Å². The molecule has 0 saturated carbocycles. The third-order valence-corrected chi connectivity index (χ3v) is 2.38. The van der Waals surface area contributed by atoms with Crippen molar-refractivity contribution >= 4 is 0 Å². The summed E-state index contributed by atoms with van der Waals surface area (Å²) in [4.78, 5) is 0. The lowest BCUT2D eigenvalue weighted by Gasteiger charge is -2.26. The zero-order valence-corrected chi connectivity index (χ0v) is 9.88. The Morgan fingerprint density at radius 2 is 2.07 bits per heavy atom. The van der Waals surface area contributed by atoms with Crippen LogP contribution in [-0.2, 0) is 4.74 Å². The Morgan fingerprint density at radius 3 is 2.50 bits per heavy atom. The van der Waals surface area contributed by atoms with Crippen molar-refractivity contribution in [2.24, 2.45) is 0 Å². The fraction of sp³-hybridized carbons (Fsp3) is 0.833. The summed E-state index contributed by atoms with van der Waals surface area (Å²) < 4.78 is 5.71. The first-order chi connectivity index (χ1) is 6.79. The van der Waals surface area contributed by atoms with Crippen LogP contribution in [0.1, 0.15) is 40.0 Å². The van der Waals surface area contributed by atoms with E-state index in [1.165, 1.54) is 0 Å². The van der Waals surface area contributed by atoms with Crippen LogP contribution in [0.4, 0.5) is 0 Å². The van der Waals surface area contributed by atoms with Crippen molar-refractivity contribution in [1.29, 1.82) is 0 Å². The normalized spacial score (nSPS) is 15.1. The maximum absolute atomic E-state index is 5.71. The minimum Gasteiger partial charge on any atom is -0.377 e. The predicted molar refractivity (Wildman–Crippen MR) is 62.6 cm³/mol. The first-order valence-corrected chi connectivity index (χ1v) is 5.75. The second-order valence-corrected chi connectivity index (χ2v) is 3.43. The van der Waals surface area contributed by atoms with Gasteiger partial charge in [0, 0.05) is 12.6 Å². The quantitative estimate of drug-likeness (QED) is 0.577. The van der Waals surface area contributed by atoms with Crippen LogP contribution in [0.2, 0.25) is 0 Å². The molecule has 0 spiro atoms. The van der Waals surface area contributed by atoms with Crippen LogP contribution in [0.3, 0.4) is 0 Å². The fourth-order valence-corrected chi connectivity index (χ4v) is 1.71. The summed E-state index contributed by atoms with van der Waals surface area (Å²) >= 11 is 0. The van der Waals surface area contributed by atoms with Crippen LogP contribution in [0.15, 0.2) is 12.7 Å². The molecule has 0 aromatic heterocycles. The van der Waals surface area contributed by atoms with Gasteiger partial charge < -0.3 is 10.1 Å². The second kappa shape index (κ2) is 9.22. The highest BCUT2D eigenvalue weighted by molar-refractivity contribution is 4.79. The van der Waals surface area contributed by atoms with E-state index in [-0.39, 0.29) is 0 Å². The number of hydrogen-bond acceptors (Lipinski definition) is 2. The van der Waals surface area contributed by atoms with Gasteiger partial charge in [0.25, 0.3) is 0 Å². The highest BCUT2D eigenvalue weighted by Crippen LogP contribution is 2.10. The average molecular weight is 199 g/mol. The van der Waals surface area contributed by atoms with E-state index in [2.05, 4.69) is 32.7 Å². The average Bonchev–Trinajstić information content (AvgIpc) is 2.21. The topological polar surface area (TPSA) is 21.3 Å². The Labute approximate surface area is 88.7 Å². The molecule has 0 bridgehead atoms. The van der Waals surface area contributed by atoms with E-state index < -0.39 is 0 Å². The van der Waals surface area contributed by atoms with Gasteiger partial charge in [0.05, 0.1) is 6.10 Å². The molecular formula is C12H25NO. The number of hydrogen-bond donors (Lipinski definition) is 1. The third kappa shape index (κ3) is 5.40. The SMILES string of the molecule is C=CCCC(NCC)C(CC)OCC. The van der Waals surface area contributed by atoms with Crippen molar-refractivity contribution in [2.45, 2.75) is 52.2 Å². The van der Waals surface area contributed by atoms with E-state index >= 15 is 0 Å². The third-order valence-electron chi connectivity index (χ3n) is 2.38. The standard InChI is InChI=1S/C12H25NO/c1-5-9-10-11(13-7-3)12(6-2)14-8-4/h5,11-13H,1,6-10H2,2-4H3. The Kier molecular flexibility index (Phi) is 9.00. The number of rotatable bonds is 9. The minimum atomic E-state index is 0.347. The molecule has 2 atom stereocenters. The maximum atomic E-state index is 5.71. The van der Waals surface area contributed by atoms with Crippen molar-refractivity contribution in [3.63, 3.8) is 0 Å². The van der Waals surface area contributed by atoms with E-state index in [4.69, 9.17) is 4.74 Å². The Balaban J connectivity index is 4.03. The van der Waals surface area contributed by atoms with Crippen LogP contribution in [0.25, 0.3) is 0 Å². The fourth-order valence-electron chi connectivity index (χ4n) is 1.71. The number of likely N-dealkylation sites (N-methyl/N-ethyl adjacent to an activating group) is 1. The summed E-state index contributed by atoms with van der Waals surface area (Å²) in [6.07, 6.45) is 5.57. The van der Waals surface area contributed by atoms with Crippen molar-refractivity contribution in [1.82, 2.24) is 5.32 Å². The van der Waals surface area contributed by atoms with Gasteiger partial charge in [0.1, 0.15) is 0 Å². The molecule has 0 aliphatic heterocycles. The van der Waals surface area contributed by atoms with Gasteiger partial charge >= 0.3 is 0 Å². The molecule has 0 saturated heterocycles. The molecule has 0 heterocycles. The lowest BCUT2D eigenvalue weighted by molar-refractivity contribution is 0.0303. The van der Waals surface area contributed by atoms with E-state index in [9.17, 15) is 0 Å². The molecule has 2 unspecified atom stereocenters. The smallest absolute Gasteiger partial charge is 0.0725 e. The first kappa shape index (κ1) is 13.7. The van der Waals surface area contributed by atoms with Gasteiger partial charge in [-0.05, 0) is 32.7 Å². The maximum Gasteiger partial charge on any atom is 0.0725 e. The number of allylic oxidation sites excluding steroid dienone is 1. The summed E-state index contributed by atoms with van der Waals surface area (Å²) in [7, 11) is 0. The predicted octanol–water partition coefficient (Wildman–Crippen LogP) is 2.75. The summed E-state index contributed by atoms with van der Waals surface area (Å²) in [5, 5.41) is 3.48. The van der Waals surface area contributed by atoms with Crippen LogP contribution < -0.4 is 5.32 Å². The molecule has 0 aliphatic carbocycles. The summed E-state index contributed by atoms with van der Waals surface area (Å²) in [5.41, 5.74) is 0. The summed E-state index contributed by atoms with van der Waals surface area (Å²) in [6.45, 7) is 11.9. The van der Waals surface area contributed by atoms with Crippen LogP contribution in [0.5, 0.6) is 0 Å².